The predicted octanol–water partition coefficient (Wildman–Crippen LogP) is 3.29. The summed E-state index contributed by atoms with van der Waals surface area (Å²) in [4.78, 5) is 14.3. The number of nitrogens with zero attached hydrogens (tertiary/aromatic N) is 1. The molecule has 0 spiro atoms. The Kier molecular flexibility index (Phi) is 3.94. The van der Waals surface area contributed by atoms with Crippen LogP contribution in [0.4, 0.5) is 4.79 Å². The maximum absolute atomic E-state index is 12.4. The summed E-state index contributed by atoms with van der Waals surface area (Å²) in [5, 5.41) is 15.9. The fourth-order valence-electron chi connectivity index (χ4n) is 8.39. The van der Waals surface area contributed by atoms with E-state index < -0.39 is 5.60 Å². The average Bonchev–Trinajstić information content (AvgIpc) is 3.20. The number of hydrogen-bond acceptors (Lipinski definition) is 4. The third-order valence-electron chi connectivity index (χ3n) is 9.34. The van der Waals surface area contributed by atoms with Gasteiger partial charge < -0.3 is 15.2 Å². The maximum atomic E-state index is 12.4. The third kappa shape index (κ3) is 2.35. The lowest BCUT2D eigenvalue weighted by Crippen LogP contribution is -2.58. The molecular weight excluding hydrogens is 352 g/mol. The SMILES string of the molecule is C[C@H]1CC[C@H]2[C@H](C[C@@H]3CC2(O)[C@H]2C=C(N4CCOC4=O)[C@H]4CCCC[C@@H]4[C@@H]32)N1. The lowest BCUT2D eigenvalue weighted by Gasteiger charge is -2.49. The number of fused-ring (bicyclic) bond motifs is 9. The highest BCUT2D eigenvalue weighted by molar-refractivity contribution is 5.72. The van der Waals surface area contributed by atoms with Gasteiger partial charge in [0.2, 0.25) is 0 Å². The van der Waals surface area contributed by atoms with Gasteiger partial charge in [0.25, 0.3) is 0 Å². The second-order valence-corrected chi connectivity index (χ2v) is 10.6. The Morgan fingerprint density at radius 1 is 1.25 bits per heavy atom. The molecule has 5 fully saturated rings. The Bertz CT molecular complexity index is 708. The van der Waals surface area contributed by atoms with E-state index >= 15 is 0 Å². The molecule has 9 atom stereocenters. The van der Waals surface area contributed by atoms with E-state index in [4.69, 9.17) is 4.74 Å². The van der Waals surface area contributed by atoms with Gasteiger partial charge in [0.05, 0.1) is 12.1 Å². The molecule has 2 aliphatic heterocycles. The summed E-state index contributed by atoms with van der Waals surface area (Å²) in [6, 6.07) is 1.03. The summed E-state index contributed by atoms with van der Waals surface area (Å²) < 4.78 is 5.29. The second kappa shape index (κ2) is 6.21. The number of amides is 1. The number of cyclic esters (lactones) is 1. The van der Waals surface area contributed by atoms with E-state index in [1.54, 1.807) is 0 Å². The molecule has 2 saturated heterocycles. The van der Waals surface area contributed by atoms with Crippen molar-refractivity contribution in [3.63, 3.8) is 0 Å². The minimum atomic E-state index is -0.595. The van der Waals surface area contributed by atoms with Crippen LogP contribution in [-0.4, -0.2) is 46.9 Å². The van der Waals surface area contributed by atoms with E-state index in [1.807, 2.05) is 4.90 Å². The molecule has 28 heavy (non-hydrogen) atoms. The molecule has 0 radical (unpaired) electrons. The summed E-state index contributed by atoms with van der Waals surface area (Å²) >= 11 is 0. The largest absolute Gasteiger partial charge is 0.447 e. The summed E-state index contributed by atoms with van der Waals surface area (Å²) in [5.74, 6) is 2.91. The van der Waals surface area contributed by atoms with E-state index in [0.29, 0.717) is 54.8 Å². The Morgan fingerprint density at radius 3 is 2.93 bits per heavy atom. The fourth-order valence-corrected chi connectivity index (χ4v) is 8.39. The number of piperidine rings is 1. The number of carbonyl (C=O) groups excluding carboxylic acids is 1. The first kappa shape index (κ1) is 17.8. The average molecular weight is 387 g/mol. The van der Waals surface area contributed by atoms with Crippen LogP contribution >= 0.6 is 0 Å². The van der Waals surface area contributed by atoms with Crippen molar-refractivity contribution >= 4 is 6.09 Å². The van der Waals surface area contributed by atoms with Crippen molar-refractivity contribution < 1.29 is 14.6 Å². The normalized spacial score (nSPS) is 52.4. The zero-order valence-electron chi connectivity index (χ0n) is 17.0. The molecule has 1 amide bonds. The minimum Gasteiger partial charge on any atom is -0.447 e. The van der Waals surface area contributed by atoms with Crippen LogP contribution in [0.5, 0.6) is 0 Å². The van der Waals surface area contributed by atoms with E-state index in [2.05, 4.69) is 18.3 Å². The molecule has 154 valence electrons. The minimum absolute atomic E-state index is 0.173. The Balaban J connectivity index is 1.42. The van der Waals surface area contributed by atoms with Gasteiger partial charge in [0.1, 0.15) is 6.61 Å². The highest BCUT2D eigenvalue weighted by Crippen LogP contribution is 2.64. The molecule has 2 N–H and O–H groups in total. The number of rotatable bonds is 1. The lowest BCUT2D eigenvalue weighted by atomic mass is 9.61. The molecule has 0 aromatic carbocycles. The number of nitrogens with one attached hydrogen (secondary N) is 1. The molecule has 5 heteroatoms. The van der Waals surface area contributed by atoms with Crippen molar-refractivity contribution in [2.75, 3.05) is 13.2 Å². The van der Waals surface area contributed by atoms with Crippen molar-refractivity contribution in [1.82, 2.24) is 10.2 Å². The number of aliphatic hydroxyl groups is 1. The van der Waals surface area contributed by atoms with Gasteiger partial charge in [-0.2, -0.15) is 0 Å². The first-order chi connectivity index (χ1) is 13.6. The molecule has 0 aromatic rings. The van der Waals surface area contributed by atoms with Gasteiger partial charge in [-0.15, -0.1) is 0 Å². The van der Waals surface area contributed by atoms with Crippen LogP contribution in [0.25, 0.3) is 0 Å². The van der Waals surface area contributed by atoms with E-state index in [9.17, 15) is 9.90 Å². The number of allylic oxidation sites excluding steroid dienone is 1. The maximum Gasteiger partial charge on any atom is 0.414 e. The van der Waals surface area contributed by atoms with Gasteiger partial charge in [-0.3, -0.25) is 4.90 Å². The van der Waals surface area contributed by atoms with Crippen LogP contribution in [-0.2, 0) is 4.74 Å². The highest BCUT2D eigenvalue weighted by atomic mass is 16.6. The Hall–Kier alpha value is -1.07. The van der Waals surface area contributed by atoms with Gasteiger partial charge in [-0.1, -0.05) is 18.9 Å². The molecule has 2 heterocycles. The summed E-state index contributed by atoms with van der Waals surface area (Å²) in [6.07, 6.45) is 11.7. The first-order valence-electron chi connectivity index (χ1n) is 11.7. The molecule has 6 aliphatic rings. The molecular formula is C23H34N2O3. The van der Waals surface area contributed by atoms with Crippen molar-refractivity contribution in [2.45, 2.75) is 76.0 Å². The molecule has 1 unspecified atom stereocenters. The highest BCUT2D eigenvalue weighted by Gasteiger charge is 2.65. The van der Waals surface area contributed by atoms with Gasteiger partial charge in [-0.25, -0.2) is 4.79 Å². The van der Waals surface area contributed by atoms with Crippen LogP contribution in [0.1, 0.15) is 58.3 Å². The van der Waals surface area contributed by atoms with Crippen LogP contribution in [0.3, 0.4) is 0 Å². The predicted molar refractivity (Wildman–Crippen MR) is 105 cm³/mol. The number of hydrogen-bond donors (Lipinski definition) is 2. The van der Waals surface area contributed by atoms with Gasteiger partial charge in [0, 0.05) is 35.5 Å². The monoisotopic (exact) mass is 386 g/mol. The summed E-state index contributed by atoms with van der Waals surface area (Å²) in [5.41, 5.74) is 0.603. The van der Waals surface area contributed by atoms with E-state index in [-0.39, 0.29) is 12.0 Å². The van der Waals surface area contributed by atoms with Crippen LogP contribution in [0.15, 0.2) is 11.8 Å². The van der Waals surface area contributed by atoms with E-state index in [0.717, 1.165) is 19.3 Å². The number of ether oxygens (including phenoxy) is 1. The fraction of sp³-hybridized carbons (Fsp3) is 0.870. The topological polar surface area (TPSA) is 61.8 Å². The van der Waals surface area contributed by atoms with Crippen LogP contribution in [0, 0.1) is 35.5 Å². The van der Waals surface area contributed by atoms with Crippen molar-refractivity contribution in [3.05, 3.63) is 11.8 Å². The molecule has 2 bridgehead atoms. The molecule has 4 aliphatic carbocycles. The quantitative estimate of drug-likeness (QED) is 0.726. The summed E-state index contributed by atoms with van der Waals surface area (Å²) in [7, 11) is 0. The molecule has 3 saturated carbocycles. The molecule has 0 aromatic heterocycles. The second-order valence-electron chi connectivity index (χ2n) is 10.6. The zero-order chi connectivity index (χ0) is 19.0. The molecule has 6 rings (SSSR count). The zero-order valence-corrected chi connectivity index (χ0v) is 17.0. The van der Waals surface area contributed by atoms with Crippen molar-refractivity contribution in [3.8, 4) is 0 Å². The van der Waals surface area contributed by atoms with Gasteiger partial charge >= 0.3 is 6.09 Å². The third-order valence-corrected chi connectivity index (χ3v) is 9.34. The Morgan fingerprint density at radius 2 is 2.11 bits per heavy atom. The smallest absolute Gasteiger partial charge is 0.414 e. The first-order valence-corrected chi connectivity index (χ1v) is 11.7. The Labute approximate surface area is 167 Å². The van der Waals surface area contributed by atoms with E-state index in [1.165, 1.54) is 37.8 Å². The van der Waals surface area contributed by atoms with Crippen molar-refractivity contribution in [2.24, 2.45) is 35.5 Å². The summed E-state index contributed by atoms with van der Waals surface area (Å²) in [6.45, 7) is 3.47. The van der Waals surface area contributed by atoms with Crippen LogP contribution in [0.2, 0.25) is 0 Å². The van der Waals surface area contributed by atoms with Gasteiger partial charge in [-0.05, 0) is 63.2 Å². The standard InChI is InChI=1S/C23H34N2O3/c1-13-6-7-17-19(24-13)10-14-12-23(17,27)18-11-20(25-8-9-28-22(25)26)15-4-2-3-5-16(15)21(14)18/h11,13-19,21,24,27H,2-10,12H2,1H3/t13-,14+,15-,16-,17-,18-,19-,21+,23?/m0/s1. The van der Waals surface area contributed by atoms with Crippen molar-refractivity contribution in [1.29, 1.82) is 0 Å². The molecule has 5 nitrogen and oxygen atoms in total. The number of carbonyl (C=O) groups is 1. The lowest BCUT2D eigenvalue weighted by molar-refractivity contribution is -0.0869. The van der Waals surface area contributed by atoms with Crippen LogP contribution < -0.4 is 5.32 Å². The van der Waals surface area contributed by atoms with Gasteiger partial charge in [0.15, 0.2) is 0 Å².